The molecule has 144 valence electrons. The Kier molecular flexibility index (Phi) is 5.64. The second-order valence-electron chi connectivity index (χ2n) is 5.95. The molecular formula is C21H20N2O5. The van der Waals surface area contributed by atoms with Crippen molar-refractivity contribution < 1.29 is 23.5 Å². The van der Waals surface area contributed by atoms with E-state index in [0.29, 0.717) is 28.4 Å². The smallest absolute Gasteiger partial charge is 0.291 e. The first-order valence-corrected chi connectivity index (χ1v) is 8.51. The van der Waals surface area contributed by atoms with Gasteiger partial charge < -0.3 is 24.5 Å². The second-order valence-corrected chi connectivity index (χ2v) is 5.95. The van der Waals surface area contributed by atoms with Gasteiger partial charge in [-0.3, -0.25) is 9.59 Å². The van der Waals surface area contributed by atoms with Crippen LogP contribution < -0.4 is 20.1 Å². The highest BCUT2D eigenvalue weighted by Gasteiger charge is 2.18. The summed E-state index contributed by atoms with van der Waals surface area (Å²) in [5, 5.41) is 5.54. The number of hydrogen-bond acceptors (Lipinski definition) is 5. The Morgan fingerprint density at radius 2 is 1.46 bits per heavy atom. The first-order valence-electron chi connectivity index (χ1n) is 8.51. The van der Waals surface area contributed by atoms with E-state index in [9.17, 15) is 9.59 Å². The van der Waals surface area contributed by atoms with Crippen LogP contribution in [0.3, 0.4) is 0 Å². The molecule has 2 N–H and O–H groups in total. The number of hydrogen-bond donors (Lipinski definition) is 2. The summed E-state index contributed by atoms with van der Waals surface area (Å²) in [5.74, 6) is 0.198. The third-order valence-electron chi connectivity index (χ3n) is 4.15. The lowest BCUT2D eigenvalue weighted by atomic mass is 10.1. The molecule has 28 heavy (non-hydrogen) atoms. The minimum Gasteiger partial charge on any atom is -0.494 e. The topological polar surface area (TPSA) is 89.8 Å². The Labute approximate surface area is 162 Å². The van der Waals surface area contributed by atoms with Crippen molar-refractivity contribution in [3.8, 4) is 11.5 Å². The lowest BCUT2D eigenvalue weighted by molar-refractivity contribution is 0.0994. The first kappa shape index (κ1) is 19.0. The molecule has 1 aromatic heterocycles. The van der Waals surface area contributed by atoms with Crippen molar-refractivity contribution in [1.29, 1.82) is 0 Å². The molecule has 3 aromatic rings. The van der Waals surface area contributed by atoms with Gasteiger partial charge in [0.05, 0.1) is 31.9 Å². The molecular weight excluding hydrogens is 360 g/mol. The number of amides is 2. The average molecular weight is 380 g/mol. The molecule has 0 atom stereocenters. The van der Waals surface area contributed by atoms with Crippen LogP contribution in [-0.2, 0) is 0 Å². The van der Waals surface area contributed by atoms with Crippen LogP contribution in [0.5, 0.6) is 11.5 Å². The summed E-state index contributed by atoms with van der Waals surface area (Å²) in [7, 11) is 2.95. The number of carbonyl (C=O) groups excluding carboxylic acids is 2. The number of nitrogens with one attached hydrogen (secondary N) is 2. The van der Waals surface area contributed by atoms with Gasteiger partial charge in [0.2, 0.25) is 0 Å². The van der Waals surface area contributed by atoms with Crippen molar-refractivity contribution in [2.24, 2.45) is 0 Å². The van der Waals surface area contributed by atoms with E-state index >= 15 is 0 Å². The molecule has 0 radical (unpaired) electrons. The first-order chi connectivity index (χ1) is 13.5. The van der Waals surface area contributed by atoms with E-state index in [-0.39, 0.29) is 11.7 Å². The summed E-state index contributed by atoms with van der Waals surface area (Å²) >= 11 is 0. The Balaban J connectivity index is 1.89. The van der Waals surface area contributed by atoms with Crippen LogP contribution in [0.25, 0.3) is 0 Å². The maximum Gasteiger partial charge on any atom is 0.291 e. The standard InChI is InChI=1S/C21H20N2O5/c1-13-7-4-5-8-14(13)20(24)22-15-11-19(27-3)16(12-18(15)26-2)23-21(25)17-9-6-10-28-17/h4-12H,1-3H3,(H,22,24)(H,23,25). The minimum atomic E-state index is -0.429. The van der Waals surface area contributed by atoms with Gasteiger partial charge in [0.1, 0.15) is 11.5 Å². The predicted molar refractivity (Wildman–Crippen MR) is 105 cm³/mol. The fraction of sp³-hybridized carbons (Fsp3) is 0.143. The zero-order chi connectivity index (χ0) is 20.1. The SMILES string of the molecule is COc1cc(NC(=O)c2ccccc2C)c(OC)cc1NC(=O)c1ccco1. The Bertz CT molecular complexity index is 996. The van der Waals surface area contributed by atoms with Gasteiger partial charge in [0, 0.05) is 17.7 Å². The highest BCUT2D eigenvalue weighted by molar-refractivity contribution is 6.07. The van der Waals surface area contributed by atoms with Crippen LogP contribution in [0, 0.1) is 6.92 Å². The molecule has 0 aliphatic heterocycles. The number of benzene rings is 2. The van der Waals surface area contributed by atoms with Crippen LogP contribution in [0.2, 0.25) is 0 Å². The quantitative estimate of drug-likeness (QED) is 0.672. The summed E-state index contributed by atoms with van der Waals surface area (Å²) in [6.45, 7) is 1.86. The van der Waals surface area contributed by atoms with E-state index in [4.69, 9.17) is 13.9 Å². The number of ether oxygens (including phenoxy) is 2. The summed E-state index contributed by atoms with van der Waals surface area (Å²) in [6.07, 6.45) is 1.41. The highest BCUT2D eigenvalue weighted by Crippen LogP contribution is 2.37. The molecule has 0 fully saturated rings. The fourth-order valence-corrected chi connectivity index (χ4v) is 2.70. The van der Waals surface area contributed by atoms with Gasteiger partial charge in [-0.2, -0.15) is 0 Å². The molecule has 0 bridgehead atoms. The number of rotatable bonds is 6. The molecule has 7 heteroatoms. The molecule has 0 aliphatic rings. The van der Waals surface area contributed by atoms with Gasteiger partial charge in [-0.1, -0.05) is 18.2 Å². The van der Waals surface area contributed by atoms with Crippen LogP contribution in [0.15, 0.2) is 59.2 Å². The third kappa shape index (κ3) is 3.98. The van der Waals surface area contributed by atoms with Crippen molar-refractivity contribution in [2.45, 2.75) is 6.92 Å². The predicted octanol–water partition coefficient (Wildman–Crippen LogP) is 4.11. The fourth-order valence-electron chi connectivity index (χ4n) is 2.70. The summed E-state index contributed by atoms with van der Waals surface area (Å²) in [6, 6.07) is 13.6. The molecule has 0 saturated heterocycles. The number of methoxy groups -OCH3 is 2. The lowest BCUT2D eigenvalue weighted by Crippen LogP contribution is -2.15. The van der Waals surface area contributed by atoms with Gasteiger partial charge in [-0.15, -0.1) is 0 Å². The highest BCUT2D eigenvalue weighted by atomic mass is 16.5. The largest absolute Gasteiger partial charge is 0.494 e. The third-order valence-corrected chi connectivity index (χ3v) is 4.15. The van der Waals surface area contributed by atoms with E-state index in [1.807, 2.05) is 19.1 Å². The number of furan rings is 1. The Morgan fingerprint density at radius 3 is 2.00 bits per heavy atom. The maximum absolute atomic E-state index is 12.6. The molecule has 0 aliphatic carbocycles. The normalized spacial score (nSPS) is 10.2. The van der Waals surface area contributed by atoms with Crippen LogP contribution >= 0.6 is 0 Å². The van der Waals surface area contributed by atoms with E-state index < -0.39 is 5.91 Å². The van der Waals surface area contributed by atoms with Crippen molar-refractivity contribution >= 4 is 23.2 Å². The molecule has 3 rings (SSSR count). The molecule has 0 spiro atoms. The Morgan fingerprint density at radius 1 is 0.857 bits per heavy atom. The maximum atomic E-state index is 12.6. The van der Waals surface area contributed by atoms with E-state index in [0.717, 1.165) is 5.56 Å². The molecule has 1 heterocycles. The van der Waals surface area contributed by atoms with Crippen LogP contribution in [-0.4, -0.2) is 26.0 Å². The van der Waals surface area contributed by atoms with Gasteiger partial charge >= 0.3 is 0 Å². The lowest BCUT2D eigenvalue weighted by Gasteiger charge is -2.16. The summed E-state index contributed by atoms with van der Waals surface area (Å²) in [4.78, 5) is 24.9. The minimum absolute atomic E-state index is 0.165. The van der Waals surface area contributed by atoms with Crippen molar-refractivity contribution in [1.82, 2.24) is 0 Å². The zero-order valence-corrected chi connectivity index (χ0v) is 15.7. The number of carbonyl (C=O) groups is 2. The summed E-state index contributed by atoms with van der Waals surface area (Å²) in [5.41, 5.74) is 2.21. The van der Waals surface area contributed by atoms with E-state index in [2.05, 4.69) is 10.6 Å². The number of anilines is 2. The molecule has 0 saturated carbocycles. The molecule has 2 amide bonds. The van der Waals surface area contributed by atoms with Gasteiger partial charge in [0.15, 0.2) is 5.76 Å². The Hall–Kier alpha value is -3.74. The van der Waals surface area contributed by atoms with E-state index in [1.165, 1.54) is 20.5 Å². The van der Waals surface area contributed by atoms with E-state index in [1.54, 1.807) is 36.4 Å². The van der Waals surface area contributed by atoms with Gasteiger partial charge in [-0.25, -0.2) is 0 Å². The molecule has 0 unspecified atom stereocenters. The van der Waals surface area contributed by atoms with Crippen LogP contribution in [0.4, 0.5) is 11.4 Å². The summed E-state index contributed by atoms with van der Waals surface area (Å²) < 4.78 is 15.8. The van der Waals surface area contributed by atoms with Gasteiger partial charge in [-0.05, 0) is 30.7 Å². The molecule has 7 nitrogen and oxygen atoms in total. The van der Waals surface area contributed by atoms with Crippen molar-refractivity contribution in [2.75, 3.05) is 24.9 Å². The van der Waals surface area contributed by atoms with Crippen LogP contribution in [0.1, 0.15) is 26.5 Å². The average Bonchev–Trinajstić information content (AvgIpc) is 3.24. The monoisotopic (exact) mass is 380 g/mol. The second kappa shape index (κ2) is 8.30. The molecule has 2 aromatic carbocycles. The zero-order valence-electron chi connectivity index (χ0n) is 15.7. The van der Waals surface area contributed by atoms with Crippen molar-refractivity contribution in [3.63, 3.8) is 0 Å². The number of aryl methyl sites for hydroxylation is 1. The van der Waals surface area contributed by atoms with Crippen molar-refractivity contribution in [3.05, 3.63) is 71.7 Å². The van der Waals surface area contributed by atoms with Gasteiger partial charge in [0.25, 0.3) is 11.8 Å².